The number of hydrogen-bond acceptors (Lipinski definition) is 5. The topological polar surface area (TPSA) is 71.5 Å². The summed E-state index contributed by atoms with van der Waals surface area (Å²) in [5, 5.41) is 3.08. The number of hydrogen-bond donors (Lipinski definition) is 1. The number of nitrogens with zero attached hydrogens (tertiary/aromatic N) is 2. The van der Waals surface area contributed by atoms with Gasteiger partial charge >= 0.3 is 6.18 Å². The van der Waals surface area contributed by atoms with Crippen molar-refractivity contribution in [2.75, 3.05) is 33.3 Å². The van der Waals surface area contributed by atoms with Crippen molar-refractivity contribution in [1.82, 2.24) is 14.6 Å². The number of aromatic nitrogens is 1. The van der Waals surface area contributed by atoms with Gasteiger partial charge in [-0.25, -0.2) is 13.4 Å². The number of alkyl halides is 3. The van der Waals surface area contributed by atoms with Gasteiger partial charge in [0.25, 0.3) is 0 Å². The first-order chi connectivity index (χ1) is 11.2. The normalized spacial score (nSPS) is 17.1. The van der Waals surface area contributed by atoms with Crippen LogP contribution in [0.4, 0.5) is 13.2 Å². The molecule has 1 fully saturated rings. The van der Waals surface area contributed by atoms with Gasteiger partial charge in [-0.15, -0.1) is 12.4 Å². The van der Waals surface area contributed by atoms with Crippen molar-refractivity contribution in [1.29, 1.82) is 0 Å². The standard InChI is InChI=1S/C14H20F3N3O3S.ClH/c1-18-8-11-4-6-20(7-5-11)24(21,22)12-2-3-13(19-9-12)23-10-14(15,16)17;/h2-3,9,11,18H,4-8,10H2,1H3;1H. The third kappa shape index (κ3) is 6.28. The van der Waals surface area contributed by atoms with Gasteiger partial charge in [-0.2, -0.15) is 17.5 Å². The first kappa shape index (κ1) is 21.9. The average Bonchev–Trinajstić information content (AvgIpc) is 2.53. The van der Waals surface area contributed by atoms with Crippen LogP contribution < -0.4 is 10.1 Å². The van der Waals surface area contributed by atoms with Gasteiger partial charge in [-0.05, 0) is 38.4 Å². The molecule has 0 spiro atoms. The first-order valence-electron chi connectivity index (χ1n) is 7.53. The Bertz CT molecular complexity index is 633. The number of rotatable bonds is 6. The maximum Gasteiger partial charge on any atom is 0.422 e. The van der Waals surface area contributed by atoms with Gasteiger partial charge in [0.2, 0.25) is 15.9 Å². The summed E-state index contributed by atoms with van der Waals surface area (Å²) in [5.41, 5.74) is 0. The Morgan fingerprint density at radius 2 is 1.96 bits per heavy atom. The van der Waals surface area contributed by atoms with Crippen LogP contribution in [0.2, 0.25) is 0 Å². The van der Waals surface area contributed by atoms with Gasteiger partial charge in [-0.1, -0.05) is 0 Å². The number of nitrogens with one attached hydrogen (secondary N) is 1. The maximum atomic E-state index is 12.5. The highest BCUT2D eigenvalue weighted by molar-refractivity contribution is 7.89. The molecule has 0 bridgehead atoms. The van der Waals surface area contributed by atoms with E-state index in [-0.39, 0.29) is 23.2 Å². The molecule has 1 saturated heterocycles. The van der Waals surface area contributed by atoms with Crippen LogP contribution in [-0.2, 0) is 10.0 Å². The zero-order valence-corrected chi connectivity index (χ0v) is 15.3. The molecule has 1 aliphatic rings. The number of sulfonamides is 1. The van der Waals surface area contributed by atoms with Crippen LogP contribution in [-0.4, -0.2) is 57.2 Å². The molecule has 1 aromatic heterocycles. The Morgan fingerprint density at radius 3 is 2.44 bits per heavy atom. The van der Waals surface area contributed by atoms with Crippen LogP contribution in [0.15, 0.2) is 23.2 Å². The molecule has 6 nitrogen and oxygen atoms in total. The minimum absolute atomic E-state index is 0. The minimum Gasteiger partial charge on any atom is -0.468 e. The molecule has 1 aromatic rings. The van der Waals surface area contributed by atoms with Gasteiger partial charge in [0.15, 0.2) is 6.61 Å². The van der Waals surface area contributed by atoms with E-state index in [0.717, 1.165) is 31.6 Å². The molecule has 0 aliphatic carbocycles. The third-order valence-corrected chi connectivity index (χ3v) is 5.68. The van der Waals surface area contributed by atoms with Crippen molar-refractivity contribution in [2.24, 2.45) is 5.92 Å². The number of ether oxygens (including phenoxy) is 1. The summed E-state index contributed by atoms with van der Waals surface area (Å²) in [6, 6.07) is 2.35. The second-order valence-corrected chi connectivity index (χ2v) is 7.58. The van der Waals surface area contributed by atoms with E-state index in [4.69, 9.17) is 0 Å². The van der Waals surface area contributed by atoms with E-state index in [0.29, 0.717) is 19.0 Å². The van der Waals surface area contributed by atoms with E-state index in [1.165, 1.54) is 10.4 Å². The van der Waals surface area contributed by atoms with Gasteiger partial charge in [0.05, 0.1) is 6.20 Å². The van der Waals surface area contributed by atoms with E-state index in [1.54, 1.807) is 0 Å². The van der Waals surface area contributed by atoms with Crippen LogP contribution in [0.25, 0.3) is 0 Å². The highest BCUT2D eigenvalue weighted by atomic mass is 35.5. The highest BCUT2D eigenvalue weighted by Crippen LogP contribution is 2.24. The predicted molar refractivity (Wildman–Crippen MR) is 88.4 cm³/mol. The van der Waals surface area contributed by atoms with E-state index in [1.807, 2.05) is 7.05 Å². The van der Waals surface area contributed by atoms with Crippen LogP contribution >= 0.6 is 12.4 Å². The summed E-state index contributed by atoms with van der Waals surface area (Å²) < 4.78 is 67.2. The Hall–Kier alpha value is -1.10. The molecule has 0 saturated carbocycles. The number of pyridine rings is 1. The van der Waals surface area contributed by atoms with Gasteiger partial charge in [0.1, 0.15) is 4.90 Å². The smallest absolute Gasteiger partial charge is 0.422 e. The molecule has 2 rings (SSSR count). The summed E-state index contributed by atoms with van der Waals surface area (Å²) in [6.07, 6.45) is -1.91. The van der Waals surface area contributed by atoms with Crippen molar-refractivity contribution < 1.29 is 26.3 Å². The largest absolute Gasteiger partial charge is 0.468 e. The average molecular weight is 404 g/mol. The fourth-order valence-corrected chi connectivity index (χ4v) is 3.97. The molecule has 2 heterocycles. The zero-order valence-electron chi connectivity index (χ0n) is 13.6. The predicted octanol–water partition coefficient (Wildman–Crippen LogP) is 2.06. The molecule has 0 unspecified atom stereocenters. The third-order valence-electron chi connectivity index (χ3n) is 3.80. The Kier molecular flexibility index (Phi) is 7.91. The van der Waals surface area contributed by atoms with Crippen molar-refractivity contribution in [3.8, 4) is 5.88 Å². The molecule has 11 heteroatoms. The Morgan fingerprint density at radius 1 is 1.32 bits per heavy atom. The van der Waals surface area contributed by atoms with E-state index in [9.17, 15) is 21.6 Å². The first-order valence-corrected chi connectivity index (χ1v) is 8.97. The van der Waals surface area contributed by atoms with Gasteiger partial charge < -0.3 is 10.1 Å². The molecule has 0 atom stereocenters. The number of piperidine rings is 1. The van der Waals surface area contributed by atoms with Crippen LogP contribution in [0.5, 0.6) is 5.88 Å². The van der Waals surface area contributed by atoms with E-state index >= 15 is 0 Å². The summed E-state index contributed by atoms with van der Waals surface area (Å²) in [7, 11) is -1.83. The minimum atomic E-state index is -4.47. The lowest BCUT2D eigenvalue weighted by molar-refractivity contribution is -0.154. The van der Waals surface area contributed by atoms with Crippen LogP contribution in [0.1, 0.15) is 12.8 Å². The zero-order chi connectivity index (χ0) is 17.8. The summed E-state index contributed by atoms with van der Waals surface area (Å²) >= 11 is 0. The van der Waals surface area contributed by atoms with Crippen LogP contribution in [0, 0.1) is 5.92 Å². The maximum absolute atomic E-state index is 12.5. The van der Waals surface area contributed by atoms with Crippen molar-refractivity contribution in [3.63, 3.8) is 0 Å². The van der Waals surface area contributed by atoms with Crippen molar-refractivity contribution in [3.05, 3.63) is 18.3 Å². The molecule has 1 N–H and O–H groups in total. The molecule has 0 radical (unpaired) electrons. The Balaban J connectivity index is 0.00000312. The fraction of sp³-hybridized carbons (Fsp3) is 0.643. The Labute approximate surface area is 151 Å². The lowest BCUT2D eigenvalue weighted by Crippen LogP contribution is -2.40. The van der Waals surface area contributed by atoms with E-state index in [2.05, 4.69) is 15.0 Å². The van der Waals surface area contributed by atoms with E-state index < -0.39 is 22.8 Å². The molecule has 25 heavy (non-hydrogen) atoms. The second kappa shape index (κ2) is 9.02. The second-order valence-electron chi connectivity index (χ2n) is 5.64. The quantitative estimate of drug-likeness (QED) is 0.787. The van der Waals surface area contributed by atoms with Crippen molar-refractivity contribution >= 4 is 22.4 Å². The fourth-order valence-electron chi connectivity index (χ4n) is 2.55. The van der Waals surface area contributed by atoms with Crippen molar-refractivity contribution in [2.45, 2.75) is 23.9 Å². The SMILES string of the molecule is CNCC1CCN(S(=O)(=O)c2ccc(OCC(F)(F)F)nc2)CC1.Cl. The lowest BCUT2D eigenvalue weighted by atomic mass is 9.98. The number of halogens is 4. The monoisotopic (exact) mass is 403 g/mol. The van der Waals surface area contributed by atoms with Crippen LogP contribution in [0.3, 0.4) is 0 Å². The molecular weight excluding hydrogens is 383 g/mol. The highest BCUT2D eigenvalue weighted by Gasteiger charge is 2.30. The molecule has 0 amide bonds. The lowest BCUT2D eigenvalue weighted by Gasteiger charge is -2.31. The summed E-state index contributed by atoms with van der Waals surface area (Å²) in [4.78, 5) is 3.60. The van der Waals surface area contributed by atoms with Gasteiger partial charge in [-0.3, -0.25) is 0 Å². The molecule has 144 valence electrons. The summed E-state index contributed by atoms with van der Waals surface area (Å²) in [6.45, 7) is 0.216. The summed E-state index contributed by atoms with van der Waals surface area (Å²) in [5.74, 6) is 0.178. The molecule has 1 aliphatic heterocycles. The molecular formula is C14H21ClF3N3O3S. The van der Waals surface area contributed by atoms with Gasteiger partial charge in [0, 0.05) is 19.2 Å². The molecule has 0 aromatic carbocycles.